The van der Waals surface area contributed by atoms with Gasteiger partial charge < -0.3 is 9.30 Å². The van der Waals surface area contributed by atoms with E-state index in [1.54, 1.807) is 12.3 Å². The highest BCUT2D eigenvalue weighted by Crippen LogP contribution is 2.16. The largest absolute Gasteiger partial charge is 0.476 e. The van der Waals surface area contributed by atoms with Gasteiger partial charge in [-0.2, -0.15) is 0 Å². The maximum absolute atomic E-state index is 11.5. The average Bonchev–Trinajstić information content (AvgIpc) is 2.97. The standard InChI is InChI=1S/C15H14N4O4/c20-15(19(21)22)12-9-13-11(10-17-12)4-6-18(13)7-8-23-14-3-1-2-5-16-14/h1-6,9-10,21-22H,7-8H2. The van der Waals surface area contributed by atoms with E-state index < -0.39 is 11.1 Å². The molecule has 3 heterocycles. The summed E-state index contributed by atoms with van der Waals surface area (Å²) in [5.74, 6) is -0.456. The third-order valence-corrected chi connectivity index (χ3v) is 3.28. The lowest BCUT2D eigenvalue weighted by Crippen LogP contribution is -2.24. The summed E-state index contributed by atoms with van der Waals surface area (Å²) in [6.45, 7) is 0.943. The Kier molecular flexibility index (Phi) is 4.18. The summed E-state index contributed by atoms with van der Waals surface area (Å²) in [4.78, 5) is 19.5. The van der Waals surface area contributed by atoms with E-state index in [4.69, 9.17) is 15.2 Å². The molecule has 118 valence electrons. The number of carbonyl (C=O) groups is 1. The minimum absolute atomic E-state index is 0.0619. The molecule has 0 unspecified atom stereocenters. The molecule has 0 saturated carbocycles. The molecule has 0 radical (unpaired) electrons. The van der Waals surface area contributed by atoms with Crippen molar-refractivity contribution in [1.29, 1.82) is 0 Å². The van der Waals surface area contributed by atoms with Crippen molar-refractivity contribution in [2.24, 2.45) is 0 Å². The van der Waals surface area contributed by atoms with Crippen LogP contribution in [0.15, 0.2) is 48.9 Å². The Morgan fingerprint density at radius 1 is 1.26 bits per heavy atom. The summed E-state index contributed by atoms with van der Waals surface area (Å²) < 4.78 is 7.43. The lowest BCUT2D eigenvalue weighted by molar-refractivity contribution is -0.260. The van der Waals surface area contributed by atoms with Gasteiger partial charge in [0.05, 0.1) is 12.1 Å². The van der Waals surface area contributed by atoms with Crippen LogP contribution in [0, 0.1) is 0 Å². The molecule has 0 aliphatic carbocycles. The van der Waals surface area contributed by atoms with Crippen LogP contribution in [0.3, 0.4) is 0 Å². The zero-order valence-corrected chi connectivity index (χ0v) is 12.0. The molecule has 3 rings (SSSR count). The second-order valence-corrected chi connectivity index (χ2v) is 4.75. The minimum atomic E-state index is -0.996. The van der Waals surface area contributed by atoms with Crippen LogP contribution in [-0.2, 0) is 6.54 Å². The molecule has 1 amide bonds. The summed E-state index contributed by atoms with van der Waals surface area (Å²) in [6.07, 6.45) is 5.00. The van der Waals surface area contributed by atoms with E-state index in [0.29, 0.717) is 19.0 Å². The molecule has 3 aromatic rings. The first-order chi connectivity index (χ1) is 11.1. The third kappa shape index (κ3) is 3.28. The quantitative estimate of drug-likeness (QED) is 0.549. The van der Waals surface area contributed by atoms with Crippen molar-refractivity contribution < 1.29 is 19.9 Å². The van der Waals surface area contributed by atoms with Crippen LogP contribution in [-0.4, -0.2) is 42.7 Å². The number of hydrogen-bond acceptors (Lipinski definition) is 6. The normalized spacial score (nSPS) is 10.7. The fourth-order valence-electron chi connectivity index (χ4n) is 2.18. The van der Waals surface area contributed by atoms with Gasteiger partial charge in [0.15, 0.2) is 0 Å². The van der Waals surface area contributed by atoms with Gasteiger partial charge in [-0.1, -0.05) is 11.3 Å². The Labute approximate surface area is 131 Å². The smallest absolute Gasteiger partial charge is 0.321 e. The molecule has 0 aliphatic rings. The summed E-state index contributed by atoms with van der Waals surface area (Å²) >= 11 is 0. The fraction of sp³-hybridized carbons (Fsp3) is 0.133. The molecule has 8 nitrogen and oxygen atoms in total. The van der Waals surface area contributed by atoms with Crippen LogP contribution in [0.1, 0.15) is 10.5 Å². The van der Waals surface area contributed by atoms with E-state index in [0.717, 1.165) is 10.9 Å². The number of hydrogen-bond donors (Lipinski definition) is 2. The molecule has 0 bridgehead atoms. The molecule has 23 heavy (non-hydrogen) atoms. The molecule has 0 fully saturated rings. The highest BCUT2D eigenvalue weighted by molar-refractivity contribution is 5.94. The number of pyridine rings is 2. The van der Waals surface area contributed by atoms with Gasteiger partial charge in [0.25, 0.3) is 0 Å². The Morgan fingerprint density at radius 2 is 2.13 bits per heavy atom. The molecule has 0 aromatic carbocycles. The molecule has 3 aromatic heterocycles. The topological polar surface area (TPSA) is 101 Å². The Balaban J connectivity index is 1.75. The van der Waals surface area contributed by atoms with E-state index in [1.165, 1.54) is 12.3 Å². The van der Waals surface area contributed by atoms with Gasteiger partial charge in [-0.25, -0.2) is 4.98 Å². The predicted octanol–water partition coefficient (Wildman–Crippen LogP) is 1.73. The summed E-state index contributed by atoms with van der Waals surface area (Å²) in [6, 6.07) is 8.77. The summed E-state index contributed by atoms with van der Waals surface area (Å²) in [7, 11) is 0. The van der Waals surface area contributed by atoms with Crippen molar-refractivity contribution in [3.05, 3.63) is 54.6 Å². The van der Waals surface area contributed by atoms with Crippen LogP contribution in [0.4, 0.5) is 0 Å². The average molecular weight is 314 g/mol. The van der Waals surface area contributed by atoms with Gasteiger partial charge in [0.2, 0.25) is 5.88 Å². The number of hydroxylamine groups is 2. The third-order valence-electron chi connectivity index (χ3n) is 3.28. The second-order valence-electron chi connectivity index (χ2n) is 4.75. The maximum atomic E-state index is 11.5. The number of fused-ring (bicyclic) bond motifs is 1. The van der Waals surface area contributed by atoms with E-state index in [2.05, 4.69) is 9.97 Å². The Hall–Kier alpha value is -2.97. The van der Waals surface area contributed by atoms with E-state index in [1.807, 2.05) is 29.0 Å². The predicted molar refractivity (Wildman–Crippen MR) is 79.2 cm³/mol. The first kappa shape index (κ1) is 14.9. The van der Waals surface area contributed by atoms with Crippen molar-refractivity contribution in [1.82, 2.24) is 19.8 Å². The van der Waals surface area contributed by atoms with Crippen molar-refractivity contribution in [2.45, 2.75) is 6.54 Å². The lowest BCUT2D eigenvalue weighted by atomic mass is 10.2. The Bertz CT molecular complexity index is 817. The van der Waals surface area contributed by atoms with Crippen molar-refractivity contribution in [3.63, 3.8) is 0 Å². The monoisotopic (exact) mass is 314 g/mol. The van der Waals surface area contributed by atoms with E-state index >= 15 is 0 Å². The second kappa shape index (κ2) is 6.42. The van der Waals surface area contributed by atoms with Crippen molar-refractivity contribution >= 4 is 16.8 Å². The van der Waals surface area contributed by atoms with Gasteiger partial charge in [0.1, 0.15) is 12.3 Å². The number of rotatable bonds is 5. The number of nitrogens with zero attached hydrogens (tertiary/aromatic N) is 4. The van der Waals surface area contributed by atoms with Gasteiger partial charge in [-0.3, -0.25) is 20.2 Å². The first-order valence-electron chi connectivity index (χ1n) is 6.86. The highest BCUT2D eigenvalue weighted by Gasteiger charge is 2.14. The number of carbonyl (C=O) groups excluding carboxylic acids is 1. The molecular formula is C15H14N4O4. The molecule has 0 atom stereocenters. The van der Waals surface area contributed by atoms with Gasteiger partial charge >= 0.3 is 5.91 Å². The molecular weight excluding hydrogens is 300 g/mol. The number of ether oxygens (including phenoxy) is 1. The molecule has 0 aliphatic heterocycles. The molecule has 8 heteroatoms. The van der Waals surface area contributed by atoms with Crippen LogP contribution in [0.25, 0.3) is 10.9 Å². The number of amides is 1. The van der Waals surface area contributed by atoms with Crippen molar-refractivity contribution in [3.8, 4) is 5.88 Å². The first-order valence-corrected chi connectivity index (χ1v) is 6.86. The molecule has 2 N–H and O–H groups in total. The Morgan fingerprint density at radius 3 is 2.87 bits per heavy atom. The zero-order chi connectivity index (χ0) is 16.2. The molecule has 0 saturated heterocycles. The van der Waals surface area contributed by atoms with Gasteiger partial charge in [-0.05, 0) is 18.2 Å². The lowest BCUT2D eigenvalue weighted by Gasteiger charge is -2.09. The number of aromatic nitrogens is 3. The fourth-order valence-corrected chi connectivity index (χ4v) is 2.18. The summed E-state index contributed by atoms with van der Waals surface area (Å²) in [5, 5.41) is 18.0. The molecule has 0 spiro atoms. The van der Waals surface area contributed by atoms with Crippen molar-refractivity contribution in [2.75, 3.05) is 6.61 Å². The SMILES string of the molecule is O=C(c1cc2c(ccn2CCOc2ccccn2)cn1)N(O)O. The van der Waals surface area contributed by atoms with Gasteiger partial charge in [0, 0.05) is 30.0 Å². The van der Waals surface area contributed by atoms with E-state index in [-0.39, 0.29) is 5.69 Å². The highest BCUT2D eigenvalue weighted by atomic mass is 16.8. The van der Waals surface area contributed by atoms with E-state index in [9.17, 15) is 4.79 Å². The van der Waals surface area contributed by atoms with Crippen LogP contribution >= 0.6 is 0 Å². The van der Waals surface area contributed by atoms with Crippen LogP contribution < -0.4 is 4.74 Å². The minimum Gasteiger partial charge on any atom is -0.476 e. The zero-order valence-electron chi connectivity index (χ0n) is 12.0. The maximum Gasteiger partial charge on any atom is 0.321 e. The van der Waals surface area contributed by atoms with Crippen LogP contribution in [0.5, 0.6) is 5.88 Å². The summed E-state index contributed by atoms with van der Waals surface area (Å²) in [5.41, 5.74) is 0.683. The van der Waals surface area contributed by atoms with Crippen LogP contribution in [0.2, 0.25) is 0 Å². The van der Waals surface area contributed by atoms with Gasteiger partial charge in [-0.15, -0.1) is 0 Å².